The van der Waals surface area contributed by atoms with Crippen molar-refractivity contribution in [3.8, 4) is 11.1 Å². The second-order valence-corrected chi connectivity index (χ2v) is 8.91. The molecule has 0 radical (unpaired) electrons. The van der Waals surface area contributed by atoms with Crippen molar-refractivity contribution >= 4 is 35.3 Å². The number of nitrogen functional groups attached to an aromatic ring is 1. The van der Waals surface area contributed by atoms with Crippen LogP contribution in [0.1, 0.15) is 48.6 Å². The van der Waals surface area contributed by atoms with Gasteiger partial charge in [0.25, 0.3) is 0 Å². The van der Waals surface area contributed by atoms with E-state index in [1.165, 1.54) is 5.56 Å². The smallest absolute Gasteiger partial charge is 0.0751 e. The summed E-state index contributed by atoms with van der Waals surface area (Å²) in [5.74, 6) is 0.522. The normalized spacial score (nSPS) is 12.3. The topological polar surface area (TPSA) is 50.4 Å². The van der Waals surface area contributed by atoms with Crippen molar-refractivity contribution in [3.05, 3.63) is 88.5 Å². The standard InChI is InChI=1S/C28H32ClN3/c1-6-20-7-9-21(10-8-20)27(15-18(2)3)32-17-25-19(4)23(13-14-26(25)30)24-12-11-22(29)16-28(24)31-5/h6-14,16-18,27,31H,1,15,30H2,2-5H3. The SMILES string of the molecule is C=Cc1ccc(C(CC(C)C)N=Cc2c(N)ccc(-c3ccc(Cl)cc3NC)c2C)cc1. The first kappa shape index (κ1) is 23.6. The largest absolute Gasteiger partial charge is 0.398 e. The van der Waals surface area contributed by atoms with Crippen LogP contribution in [0.25, 0.3) is 17.2 Å². The Balaban J connectivity index is 2.02. The van der Waals surface area contributed by atoms with E-state index in [0.717, 1.165) is 45.6 Å². The lowest BCUT2D eigenvalue weighted by Gasteiger charge is -2.18. The maximum atomic E-state index is 6.39. The molecule has 32 heavy (non-hydrogen) atoms. The van der Waals surface area contributed by atoms with E-state index < -0.39 is 0 Å². The molecule has 3 nitrogen and oxygen atoms in total. The van der Waals surface area contributed by atoms with Crippen LogP contribution in [0.5, 0.6) is 0 Å². The van der Waals surface area contributed by atoms with Crippen LogP contribution >= 0.6 is 11.6 Å². The highest BCUT2D eigenvalue weighted by atomic mass is 35.5. The number of hydrogen-bond acceptors (Lipinski definition) is 3. The van der Waals surface area contributed by atoms with Crippen molar-refractivity contribution in [1.82, 2.24) is 0 Å². The minimum absolute atomic E-state index is 0.0692. The van der Waals surface area contributed by atoms with Gasteiger partial charge >= 0.3 is 0 Å². The van der Waals surface area contributed by atoms with Crippen molar-refractivity contribution in [2.24, 2.45) is 10.9 Å². The Hall–Kier alpha value is -3.04. The zero-order chi connectivity index (χ0) is 23.3. The second kappa shape index (κ2) is 10.5. The molecule has 1 unspecified atom stereocenters. The van der Waals surface area contributed by atoms with Gasteiger partial charge in [0.2, 0.25) is 0 Å². The van der Waals surface area contributed by atoms with E-state index in [-0.39, 0.29) is 6.04 Å². The van der Waals surface area contributed by atoms with Gasteiger partial charge in [0.1, 0.15) is 0 Å². The molecule has 3 N–H and O–H groups in total. The number of nitrogens with two attached hydrogens (primary N) is 1. The number of hydrogen-bond donors (Lipinski definition) is 2. The van der Waals surface area contributed by atoms with Gasteiger partial charge < -0.3 is 11.1 Å². The van der Waals surface area contributed by atoms with E-state index in [2.05, 4.69) is 63.0 Å². The molecule has 0 bridgehead atoms. The minimum atomic E-state index is 0.0692. The zero-order valence-corrected chi connectivity index (χ0v) is 20.1. The average molecular weight is 446 g/mol. The molecule has 3 aromatic rings. The number of anilines is 2. The lowest BCUT2D eigenvalue weighted by molar-refractivity contribution is 0.513. The summed E-state index contributed by atoms with van der Waals surface area (Å²) in [6.45, 7) is 10.4. The minimum Gasteiger partial charge on any atom is -0.398 e. The maximum absolute atomic E-state index is 6.39. The molecule has 0 amide bonds. The van der Waals surface area contributed by atoms with Gasteiger partial charge in [-0.1, -0.05) is 74.5 Å². The third-order valence-corrected chi connectivity index (χ3v) is 5.96. The highest BCUT2D eigenvalue weighted by Gasteiger charge is 2.15. The lowest BCUT2D eigenvalue weighted by Crippen LogP contribution is -2.04. The number of rotatable bonds is 8. The summed E-state index contributed by atoms with van der Waals surface area (Å²) in [5, 5.41) is 3.94. The van der Waals surface area contributed by atoms with Gasteiger partial charge in [-0.2, -0.15) is 0 Å². The van der Waals surface area contributed by atoms with Crippen LogP contribution in [0, 0.1) is 12.8 Å². The Kier molecular flexibility index (Phi) is 7.76. The molecule has 0 aliphatic heterocycles. The monoisotopic (exact) mass is 445 g/mol. The Morgan fingerprint density at radius 3 is 2.38 bits per heavy atom. The summed E-state index contributed by atoms with van der Waals surface area (Å²) in [6.07, 6.45) is 4.76. The Labute approximate surface area is 197 Å². The lowest BCUT2D eigenvalue weighted by atomic mass is 9.94. The number of halogens is 1. The molecular formula is C28H32ClN3. The van der Waals surface area contributed by atoms with Crippen molar-refractivity contribution in [2.75, 3.05) is 18.1 Å². The summed E-state index contributed by atoms with van der Waals surface area (Å²) >= 11 is 6.20. The number of benzene rings is 3. The first-order valence-corrected chi connectivity index (χ1v) is 11.3. The van der Waals surface area contributed by atoms with Crippen LogP contribution in [-0.2, 0) is 0 Å². The summed E-state index contributed by atoms with van der Waals surface area (Å²) in [7, 11) is 1.90. The van der Waals surface area contributed by atoms with Gasteiger partial charge in [0, 0.05) is 40.8 Å². The molecule has 3 rings (SSSR count). The van der Waals surface area contributed by atoms with E-state index in [1.54, 1.807) is 0 Å². The first-order valence-electron chi connectivity index (χ1n) is 11.0. The van der Waals surface area contributed by atoms with Crippen molar-refractivity contribution in [1.29, 1.82) is 0 Å². The van der Waals surface area contributed by atoms with Crippen LogP contribution in [0.3, 0.4) is 0 Å². The Morgan fingerprint density at radius 1 is 1.06 bits per heavy atom. The molecule has 0 saturated carbocycles. The zero-order valence-electron chi connectivity index (χ0n) is 19.3. The highest BCUT2D eigenvalue weighted by Crippen LogP contribution is 2.35. The summed E-state index contributed by atoms with van der Waals surface area (Å²) in [6, 6.07) is 18.4. The molecule has 3 aromatic carbocycles. The molecule has 0 heterocycles. The summed E-state index contributed by atoms with van der Waals surface area (Å²) in [5.41, 5.74) is 14.6. The van der Waals surface area contributed by atoms with Crippen molar-refractivity contribution in [2.45, 2.75) is 33.2 Å². The molecule has 0 aromatic heterocycles. The van der Waals surface area contributed by atoms with E-state index in [4.69, 9.17) is 22.3 Å². The molecule has 166 valence electrons. The summed E-state index contributed by atoms with van der Waals surface area (Å²) < 4.78 is 0. The molecule has 0 saturated heterocycles. The highest BCUT2D eigenvalue weighted by molar-refractivity contribution is 6.31. The predicted octanol–water partition coefficient (Wildman–Crippen LogP) is 7.79. The molecular weight excluding hydrogens is 414 g/mol. The number of nitrogens with zero attached hydrogens (tertiary/aromatic N) is 1. The Morgan fingerprint density at radius 2 is 1.75 bits per heavy atom. The second-order valence-electron chi connectivity index (χ2n) is 8.48. The molecule has 4 heteroatoms. The molecule has 0 aliphatic carbocycles. The van der Waals surface area contributed by atoms with Crippen LogP contribution < -0.4 is 11.1 Å². The molecule has 0 aliphatic rings. The Bertz CT molecular complexity index is 1110. The molecule has 1 atom stereocenters. The van der Waals surface area contributed by atoms with Gasteiger partial charge in [-0.3, -0.25) is 4.99 Å². The first-order chi connectivity index (χ1) is 15.3. The van der Waals surface area contributed by atoms with Crippen LogP contribution in [0.2, 0.25) is 5.02 Å². The molecule has 0 fully saturated rings. The van der Waals surface area contributed by atoms with Gasteiger partial charge in [0.15, 0.2) is 0 Å². The fraction of sp³-hybridized carbons (Fsp3) is 0.250. The van der Waals surface area contributed by atoms with Gasteiger partial charge in [-0.15, -0.1) is 0 Å². The summed E-state index contributed by atoms with van der Waals surface area (Å²) in [4.78, 5) is 5.01. The van der Waals surface area contributed by atoms with E-state index in [1.807, 2.05) is 43.6 Å². The van der Waals surface area contributed by atoms with Gasteiger partial charge in [-0.05, 0) is 59.7 Å². The van der Waals surface area contributed by atoms with E-state index >= 15 is 0 Å². The van der Waals surface area contributed by atoms with Crippen LogP contribution in [0.4, 0.5) is 11.4 Å². The predicted molar refractivity (Wildman–Crippen MR) is 142 cm³/mol. The fourth-order valence-corrected chi connectivity index (χ4v) is 4.09. The quantitative estimate of drug-likeness (QED) is 0.274. The van der Waals surface area contributed by atoms with E-state index in [0.29, 0.717) is 10.9 Å². The fourth-order valence-electron chi connectivity index (χ4n) is 3.92. The van der Waals surface area contributed by atoms with Gasteiger partial charge in [-0.25, -0.2) is 0 Å². The maximum Gasteiger partial charge on any atom is 0.0751 e. The number of aliphatic imine (C=N–C) groups is 1. The molecule has 0 spiro atoms. The third-order valence-electron chi connectivity index (χ3n) is 5.72. The average Bonchev–Trinajstić information content (AvgIpc) is 2.78. The van der Waals surface area contributed by atoms with Crippen LogP contribution in [0.15, 0.2) is 66.2 Å². The van der Waals surface area contributed by atoms with Crippen molar-refractivity contribution < 1.29 is 0 Å². The third kappa shape index (κ3) is 5.41. The van der Waals surface area contributed by atoms with Crippen LogP contribution in [-0.4, -0.2) is 13.3 Å². The van der Waals surface area contributed by atoms with Crippen molar-refractivity contribution in [3.63, 3.8) is 0 Å². The number of nitrogens with one attached hydrogen (secondary N) is 1. The van der Waals surface area contributed by atoms with Gasteiger partial charge in [0.05, 0.1) is 6.04 Å². The van der Waals surface area contributed by atoms with E-state index in [9.17, 15) is 0 Å².